The van der Waals surface area contributed by atoms with E-state index in [0.717, 1.165) is 17.1 Å². The molecule has 0 bridgehead atoms. The van der Waals surface area contributed by atoms with Crippen LogP contribution in [0.2, 0.25) is 5.02 Å². The van der Waals surface area contributed by atoms with Gasteiger partial charge in [0, 0.05) is 40.3 Å². The minimum absolute atomic E-state index is 0.105. The first-order chi connectivity index (χ1) is 13.0. The molecule has 0 heterocycles. The summed E-state index contributed by atoms with van der Waals surface area (Å²) in [4.78, 5) is 23.3. The molecule has 3 aromatic rings. The van der Waals surface area contributed by atoms with Gasteiger partial charge in [-0.05, 0) is 66.7 Å². The Morgan fingerprint density at radius 1 is 0.741 bits per heavy atom. The minimum atomic E-state index is -0.216. The highest BCUT2D eigenvalue weighted by Crippen LogP contribution is 2.21. The molecule has 3 aromatic carbocycles. The average Bonchev–Trinajstić information content (AvgIpc) is 2.64. The molecular formula is C21H18ClN3O2. The lowest BCUT2D eigenvalue weighted by Crippen LogP contribution is -2.11. The van der Waals surface area contributed by atoms with Crippen LogP contribution in [0.1, 0.15) is 17.3 Å². The van der Waals surface area contributed by atoms with E-state index in [1.807, 2.05) is 48.5 Å². The molecule has 0 aliphatic rings. The van der Waals surface area contributed by atoms with E-state index in [1.165, 1.54) is 6.92 Å². The number of benzene rings is 3. The summed E-state index contributed by atoms with van der Waals surface area (Å²) in [5, 5.41) is 9.34. The number of rotatable bonds is 5. The van der Waals surface area contributed by atoms with Crippen LogP contribution in [0.5, 0.6) is 0 Å². The fourth-order valence-electron chi connectivity index (χ4n) is 2.48. The van der Waals surface area contributed by atoms with E-state index in [2.05, 4.69) is 16.0 Å². The summed E-state index contributed by atoms with van der Waals surface area (Å²) in [6.07, 6.45) is 0. The van der Waals surface area contributed by atoms with Gasteiger partial charge < -0.3 is 16.0 Å². The van der Waals surface area contributed by atoms with E-state index >= 15 is 0 Å². The third kappa shape index (κ3) is 5.33. The van der Waals surface area contributed by atoms with Crippen molar-refractivity contribution in [2.45, 2.75) is 6.92 Å². The lowest BCUT2D eigenvalue weighted by Gasteiger charge is -2.10. The Kier molecular flexibility index (Phi) is 5.74. The molecule has 0 aliphatic heterocycles. The number of anilines is 4. The van der Waals surface area contributed by atoms with E-state index in [0.29, 0.717) is 16.3 Å². The maximum atomic E-state index is 12.2. The summed E-state index contributed by atoms with van der Waals surface area (Å²) in [7, 11) is 0. The maximum Gasteiger partial charge on any atom is 0.255 e. The molecule has 5 nitrogen and oxygen atoms in total. The van der Waals surface area contributed by atoms with Crippen LogP contribution in [0.15, 0.2) is 72.8 Å². The third-order valence-corrected chi connectivity index (χ3v) is 3.96. The van der Waals surface area contributed by atoms with E-state index in [4.69, 9.17) is 11.6 Å². The van der Waals surface area contributed by atoms with Crippen LogP contribution >= 0.6 is 11.6 Å². The third-order valence-electron chi connectivity index (χ3n) is 3.72. The van der Waals surface area contributed by atoms with Crippen LogP contribution < -0.4 is 16.0 Å². The SMILES string of the molecule is CC(=O)Nc1ccc(Nc2ccc(NC(=O)c3cccc(Cl)c3)cc2)cc1. The molecule has 136 valence electrons. The summed E-state index contributed by atoms with van der Waals surface area (Å²) in [5.74, 6) is -0.321. The molecular weight excluding hydrogens is 362 g/mol. The molecule has 0 saturated heterocycles. The van der Waals surface area contributed by atoms with E-state index in [1.54, 1.807) is 24.3 Å². The van der Waals surface area contributed by atoms with Crippen molar-refractivity contribution >= 4 is 46.2 Å². The lowest BCUT2D eigenvalue weighted by molar-refractivity contribution is -0.114. The van der Waals surface area contributed by atoms with Gasteiger partial charge in [0.2, 0.25) is 5.91 Å². The van der Waals surface area contributed by atoms with Gasteiger partial charge in [-0.1, -0.05) is 17.7 Å². The number of hydrogen-bond donors (Lipinski definition) is 3. The van der Waals surface area contributed by atoms with E-state index in [9.17, 15) is 9.59 Å². The van der Waals surface area contributed by atoms with Crippen LogP contribution in [-0.2, 0) is 4.79 Å². The molecule has 0 aromatic heterocycles. The van der Waals surface area contributed by atoms with Crippen molar-refractivity contribution in [3.63, 3.8) is 0 Å². The Morgan fingerprint density at radius 2 is 1.26 bits per heavy atom. The zero-order chi connectivity index (χ0) is 19.2. The molecule has 0 unspecified atom stereocenters. The second-order valence-electron chi connectivity index (χ2n) is 5.93. The zero-order valence-corrected chi connectivity index (χ0v) is 15.4. The normalized spacial score (nSPS) is 10.1. The fraction of sp³-hybridized carbons (Fsp3) is 0.0476. The lowest BCUT2D eigenvalue weighted by atomic mass is 10.2. The second kappa shape index (κ2) is 8.38. The molecule has 3 rings (SSSR count). The van der Waals surface area contributed by atoms with Crippen molar-refractivity contribution < 1.29 is 9.59 Å². The van der Waals surface area contributed by atoms with Gasteiger partial charge in [-0.3, -0.25) is 9.59 Å². The highest BCUT2D eigenvalue weighted by Gasteiger charge is 2.06. The highest BCUT2D eigenvalue weighted by molar-refractivity contribution is 6.31. The van der Waals surface area contributed by atoms with Crippen molar-refractivity contribution in [1.29, 1.82) is 0 Å². The summed E-state index contributed by atoms with van der Waals surface area (Å²) >= 11 is 5.92. The zero-order valence-electron chi connectivity index (χ0n) is 14.6. The Balaban J connectivity index is 1.61. The minimum Gasteiger partial charge on any atom is -0.356 e. The Morgan fingerprint density at radius 3 is 1.78 bits per heavy atom. The molecule has 0 fully saturated rings. The molecule has 3 N–H and O–H groups in total. The van der Waals surface area contributed by atoms with Gasteiger partial charge in [-0.2, -0.15) is 0 Å². The van der Waals surface area contributed by atoms with Gasteiger partial charge in [-0.15, -0.1) is 0 Å². The quantitative estimate of drug-likeness (QED) is 0.563. The van der Waals surface area contributed by atoms with Gasteiger partial charge in [0.15, 0.2) is 0 Å². The van der Waals surface area contributed by atoms with Crippen molar-refractivity contribution in [1.82, 2.24) is 0 Å². The number of halogens is 1. The topological polar surface area (TPSA) is 70.2 Å². The number of nitrogens with one attached hydrogen (secondary N) is 3. The van der Waals surface area contributed by atoms with Gasteiger partial charge >= 0.3 is 0 Å². The monoisotopic (exact) mass is 379 g/mol. The number of hydrogen-bond acceptors (Lipinski definition) is 3. The molecule has 2 amide bonds. The predicted octanol–water partition coefficient (Wildman–Crippen LogP) is 5.29. The largest absolute Gasteiger partial charge is 0.356 e. The first kappa shape index (κ1) is 18.5. The van der Waals surface area contributed by atoms with Gasteiger partial charge in [-0.25, -0.2) is 0 Å². The number of carbonyl (C=O) groups is 2. The molecule has 0 atom stereocenters. The average molecular weight is 380 g/mol. The van der Waals surface area contributed by atoms with Gasteiger partial charge in [0.05, 0.1) is 0 Å². The summed E-state index contributed by atoms with van der Waals surface area (Å²) in [6.45, 7) is 1.47. The maximum absolute atomic E-state index is 12.2. The molecule has 0 saturated carbocycles. The van der Waals surface area contributed by atoms with Crippen molar-refractivity contribution in [3.05, 3.63) is 83.4 Å². The predicted molar refractivity (Wildman–Crippen MR) is 110 cm³/mol. The first-order valence-electron chi connectivity index (χ1n) is 8.31. The smallest absolute Gasteiger partial charge is 0.255 e. The van der Waals surface area contributed by atoms with Gasteiger partial charge in [0.25, 0.3) is 5.91 Å². The Labute approximate surface area is 162 Å². The number of amides is 2. The highest BCUT2D eigenvalue weighted by atomic mass is 35.5. The second-order valence-corrected chi connectivity index (χ2v) is 6.36. The van der Waals surface area contributed by atoms with Gasteiger partial charge in [0.1, 0.15) is 0 Å². The molecule has 27 heavy (non-hydrogen) atoms. The van der Waals surface area contributed by atoms with Crippen LogP contribution in [0, 0.1) is 0 Å². The van der Waals surface area contributed by atoms with Crippen molar-refractivity contribution in [2.24, 2.45) is 0 Å². The van der Waals surface area contributed by atoms with E-state index in [-0.39, 0.29) is 11.8 Å². The van der Waals surface area contributed by atoms with Crippen LogP contribution in [0.4, 0.5) is 22.7 Å². The summed E-state index contributed by atoms with van der Waals surface area (Å²) in [5.41, 5.74) is 3.70. The summed E-state index contributed by atoms with van der Waals surface area (Å²) in [6, 6.07) is 21.6. The number of carbonyl (C=O) groups excluding carboxylic acids is 2. The Hall–Kier alpha value is -3.31. The van der Waals surface area contributed by atoms with Crippen LogP contribution in [0.25, 0.3) is 0 Å². The van der Waals surface area contributed by atoms with Crippen molar-refractivity contribution in [2.75, 3.05) is 16.0 Å². The van der Waals surface area contributed by atoms with Crippen LogP contribution in [-0.4, -0.2) is 11.8 Å². The summed E-state index contributed by atoms with van der Waals surface area (Å²) < 4.78 is 0. The van der Waals surface area contributed by atoms with E-state index < -0.39 is 0 Å². The molecule has 0 radical (unpaired) electrons. The fourth-order valence-corrected chi connectivity index (χ4v) is 2.67. The standard InChI is InChI=1S/C21H18ClN3O2/c1-14(26)23-17-5-7-18(8-6-17)24-19-9-11-20(12-10-19)25-21(27)15-3-2-4-16(22)13-15/h2-13,24H,1H3,(H,23,26)(H,25,27). The molecule has 0 aliphatic carbocycles. The molecule has 6 heteroatoms. The Bertz CT molecular complexity index is 954. The molecule has 0 spiro atoms. The van der Waals surface area contributed by atoms with Crippen LogP contribution in [0.3, 0.4) is 0 Å². The van der Waals surface area contributed by atoms with Crippen molar-refractivity contribution in [3.8, 4) is 0 Å². The first-order valence-corrected chi connectivity index (χ1v) is 8.69.